The molecule has 1 heterocycles. The van der Waals surface area contributed by atoms with Crippen LogP contribution in [0.15, 0.2) is 108 Å². The Labute approximate surface area is 258 Å². The van der Waals surface area contributed by atoms with Crippen molar-refractivity contribution in [1.29, 1.82) is 0 Å². The van der Waals surface area contributed by atoms with Gasteiger partial charge in [-0.25, -0.2) is 0 Å². The van der Waals surface area contributed by atoms with Crippen LogP contribution in [0.2, 0.25) is 10.0 Å². The van der Waals surface area contributed by atoms with Crippen LogP contribution < -0.4 is 15.5 Å². The van der Waals surface area contributed by atoms with E-state index in [0.29, 0.717) is 32.6 Å². The minimum Gasteiger partial charge on any atom is -0.321 e. The molecule has 0 radical (unpaired) electrons. The Hall–Kier alpha value is -4.04. The Kier molecular flexibility index (Phi) is 9.64. The van der Waals surface area contributed by atoms with Gasteiger partial charge in [0.15, 0.2) is 0 Å². The van der Waals surface area contributed by atoms with E-state index in [-0.39, 0.29) is 11.6 Å². The maximum atomic E-state index is 13.3. The lowest BCUT2D eigenvalue weighted by molar-refractivity contribution is -0.116. The molecule has 5 rings (SSSR count). The van der Waals surface area contributed by atoms with E-state index in [0.717, 1.165) is 30.0 Å². The van der Waals surface area contributed by atoms with Crippen molar-refractivity contribution in [3.8, 4) is 0 Å². The average Bonchev–Trinajstić information content (AvgIpc) is 3.01. The van der Waals surface area contributed by atoms with Crippen molar-refractivity contribution < 1.29 is 14.4 Å². The van der Waals surface area contributed by atoms with Gasteiger partial charge in [0, 0.05) is 44.0 Å². The first-order valence-electron chi connectivity index (χ1n) is 13.3. The van der Waals surface area contributed by atoms with Gasteiger partial charge in [-0.2, -0.15) is 0 Å². The molecule has 0 saturated carbocycles. The third-order valence-electron chi connectivity index (χ3n) is 6.70. The van der Waals surface area contributed by atoms with Crippen molar-refractivity contribution in [3.05, 3.63) is 129 Å². The number of nitrogens with zero attached hydrogens (tertiary/aromatic N) is 1. The van der Waals surface area contributed by atoms with Crippen LogP contribution in [0.5, 0.6) is 0 Å². The summed E-state index contributed by atoms with van der Waals surface area (Å²) in [6.45, 7) is 0.720. The van der Waals surface area contributed by atoms with Crippen LogP contribution in [-0.2, 0) is 16.0 Å². The minimum atomic E-state index is -0.547. The van der Waals surface area contributed by atoms with Crippen molar-refractivity contribution in [3.63, 3.8) is 0 Å². The molecule has 0 atom stereocenters. The molecule has 0 fully saturated rings. The SMILES string of the molecule is O=C(Nc1ccc(SCC(=O)N2CCCc3ccccc32)cc1)/C(=C/c1c(Cl)cccc1Cl)NC(=O)c1ccccc1. The lowest BCUT2D eigenvalue weighted by Gasteiger charge is -2.29. The second kappa shape index (κ2) is 13.7. The number of nitrogens with one attached hydrogen (secondary N) is 2. The Morgan fingerprint density at radius 1 is 0.833 bits per heavy atom. The number of hydrogen-bond donors (Lipinski definition) is 2. The molecule has 0 unspecified atom stereocenters. The van der Waals surface area contributed by atoms with Crippen molar-refractivity contribution in [2.24, 2.45) is 0 Å². The van der Waals surface area contributed by atoms with Crippen molar-refractivity contribution in [2.45, 2.75) is 17.7 Å². The number of amides is 3. The standard InChI is InChI=1S/C33H27Cl2N3O3S/c34-27-12-6-13-28(35)26(27)20-29(37-32(40)23-9-2-1-3-10-23)33(41)36-24-15-17-25(18-16-24)42-21-31(39)38-19-7-11-22-8-4-5-14-30(22)38/h1-6,8-10,12-18,20H,7,11,19,21H2,(H,36,41)(H,37,40)/b29-20-. The van der Waals surface area contributed by atoms with Gasteiger partial charge in [-0.15, -0.1) is 11.8 Å². The van der Waals surface area contributed by atoms with Gasteiger partial charge in [-0.1, -0.05) is 65.7 Å². The summed E-state index contributed by atoms with van der Waals surface area (Å²) in [4.78, 5) is 42.0. The third kappa shape index (κ3) is 7.23. The van der Waals surface area contributed by atoms with Crippen LogP contribution in [0.3, 0.4) is 0 Å². The van der Waals surface area contributed by atoms with Crippen LogP contribution in [0.4, 0.5) is 11.4 Å². The van der Waals surface area contributed by atoms with E-state index in [2.05, 4.69) is 16.7 Å². The predicted octanol–water partition coefficient (Wildman–Crippen LogP) is 7.47. The molecule has 212 valence electrons. The molecule has 9 heteroatoms. The first-order valence-corrected chi connectivity index (χ1v) is 15.1. The fraction of sp³-hybridized carbons (Fsp3) is 0.121. The molecular weight excluding hydrogens is 589 g/mol. The number of hydrogen-bond acceptors (Lipinski definition) is 4. The Morgan fingerprint density at radius 2 is 1.52 bits per heavy atom. The number of carbonyl (C=O) groups is 3. The number of thioether (sulfide) groups is 1. The maximum absolute atomic E-state index is 13.3. The molecule has 3 amide bonds. The summed E-state index contributed by atoms with van der Waals surface area (Å²) in [6.07, 6.45) is 3.39. The fourth-order valence-electron chi connectivity index (χ4n) is 4.58. The van der Waals surface area contributed by atoms with Gasteiger partial charge in [-0.05, 0) is 79.1 Å². The first kappa shape index (κ1) is 29.5. The smallest absolute Gasteiger partial charge is 0.272 e. The quantitative estimate of drug-likeness (QED) is 0.159. The highest BCUT2D eigenvalue weighted by Gasteiger charge is 2.22. The lowest BCUT2D eigenvalue weighted by Crippen LogP contribution is -2.36. The largest absolute Gasteiger partial charge is 0.321 e. The van der Waals surface area contributed by atoms with Crippen molar-refractivity contribution >= 4 is 70.1 Å². The number of halogens is 2. The number of benzene rings is 4. The van der Waals surface area contributed by atoms with Crippen LogP contribution in [0.1, 0.15) is 27.9 Å². The van der Waals surface area contributed by atoms with Gasteiger partial charge >= 0.3 is 0 Å². The first-order chi connectivity index (χ1) is 20.4. The zero-order chi connectivity index (χ0) is 29.5. The van der Waals surface area contributed by atoms with Crippen molar-refractivity contribution in [1.82, 2.24) is 5.32 Å². The summed E-state index contributed by atoms with van der Waals surface area (Å²) in [7, 11) is 0. The summed E-state index contributed by atoms with van der Waals surface area (Å²) in [5.41, 5.74) is 3.49. The highest BCUT2D eigenvalue weighted by Crippen LogP contribution is 2.29. The zero-order valence-corrected chi connectivity index (χ0v) is 24.8. The second-order valence-electron chi connectivity index (χ2n) is 9.56. The van der Waals surface area contributed by atoms with E-state index >= 15 is 0 Å². The van der Waals surface area contributed by atoms with Gasteiger partial charge in [0.1, 0.15) is 5.70 Å². The Balaban J connectivity index is 1.27. The summed E-state index contributed by atoms with van der Waals surface area (Å²) in [5.74, 6) is -0.633. The van der Waals surface area contributed by atoms with Gasteiger partial charge < -0.3 is 15.5 Å². The van der Waals surface area contributed by atoms with Gasteiger partial charge in [0.05, 0.1) is 5.75 Å². The molecule has 0 aromatic heterocycles. The van der Waals surface area contributed by atoms with Gasteiger partial charge in [0.25, 0.3) is 11.8 Å². The highest BCUT2D eigenvalue weighted by atomic mass is 35.5. The summed E-state index contributed by atoms with van der Waals surface area (Å²) < 4.78 is 0. The number of fused-ring (bicyclic) bond motifs is 1. The predicted molar refractivity (Wildman–Crippen MR) is 171 cm³/mol. The monoisotopic (exact) mass is 615 g/mol. The van der Waals surface area contributed by atoms with Crippen LogP contribution >= 0.6 is 35.0 Å². The number of rotatable bonds is 8. The van der Waals surface area contributed by atoms with Crippen LogP contribution in [0.25, 0.3) is 6.08 Å². The normalized spacial score (nSPS) is 12.8. The van der Waals surface area contributed by atoms with E-state index < -0.39 is 11.8 Å². The molecular formula is C33H27Cl2N3O3S. The molecule has 4 aromatic carbocycles. The van der Waals surface area contributed by atoms with E-state index in [4.69, 9.17) is 23.2 Å². The van der Waals surface area contributed by atoms with E-state index in [9.17, 15) is 14.4 Å². The molecule has 0 spiro atoms. The van der Waals surface area contributed by atoms with E-state index in [1.807, 2.05) is 35.2 Å². The molecule has 42 heavy (non-hydrogen) atoms. The van der Waals surface area contributed by atoms with Crippen LogP contribution in [0, 0.1) is 0 Å². The molecule has 4 aromatic rings. The average molecular weight is 617 g/mol. The van der Waals surface area contributed by atoms with Gasteiger partial charge in [0.2, 0.25) is 5.91 Å². The molecule has 0 aliphatic carbocycles. The summed E-state index contributed by atoms with van der Waals surface area (Å²) >= 11 is 14.1. The fourth-order valence-corrected chi connectivity index (χ4v) is 5.86. The molecule has 1 aliphatic rings. The number of aryl methyl sites for hydroxylation is 1. The second-order valence-corrected chi connectivity index (χ2v) is 11.4. The maximum Gasteiger partial charge on any atom is 0.272 e. The summed E-state index contributed by atoms with van der Waals surface area (Å²) in [5, 5.41) is 6.18. The highest BCUT2D eigenvalue weighted by molar-refractivity contribution is 8.00. The molecule has 2 N–H and O–H groups in total. The molecule has 0 bridgehead atoms. The van der Waals surface area contributed by atoms with E-state index in [1.54, 1.807) is 60.7 Å². The Bertz CT molecular complexity index is 1620. The topological polar surface area (TPSA) is 78.5 Å². The molecule has 0 saturated heterocycles. The number of carbonyl (C=O) groups excluding carboxylic acids is 3. The lowest BCUT2D eigenvalue weighted by atomic mass is 10.0. The van der Waals surface area contributed by atoms with Crippen molar-refractivity contribution in [2.75, 3.05) is 22.5 Å². The zero-order valence-electron chi connectivity index (χ0n) is 22.5. The third-order valence-corrected chi connectivity index (χ3v) is 8.36. The Morgan fingerprint density at radius 3 is 2.26 bits per heavy atom. The van der Waals surface area contributed by atoms with E-state index in [1.165, 1.54) is 23.4 Å². The number of anilines is 2. The molecule has 6 nitrogen and oxygen atoms in total. The minimum absolute atomic E-state index is 0.0234. The molecule has 1 aliphatic heterocycles. The van der Waals surface area contributed by atoms with Gasteiger partial charge in [-0.3, -0.25) is 14.4 Å². The number of para-hydroxylation sites is 1. The van der Waals surface area contributed by atoms with Crippen LogP contribution in [-0.4, -0.2) is 30.0 Å². The summed E-state index contributed by atoms with van der Waals surface area (Å²) in [6, 6.07) is 28.8.